The number of nitrogens with one attached hydrogen (secondary N) is 1. The highest BCUT2D eigenvalue weighted by atomic mass is 35.5. The molecule has 0 saturated heterocycles. The second-order valence-electron chi connectivity index (χ2n) is 5.33. The molecule has 0 spiro atoms. The number of hydrogen-bond donors (Lipinski definition) is 1. The minimum absolute atomic E-state index is 0.137. The van der Waals surface area contributed by atoms with Crippen LogP contribution >= 0.6 is 11.6 Å². The molecule has 0 saturated carbocycles. The van der Waals surface area contributed by atoms with Crippen LogP contribution in [0, 0.1) is 5.41 Å². The first-order chi connectivity index (χ1) is 8.47. The Bertz CT molecular complexity index is 363. The predicted molar refractivity (Wildman–Crippen MR) is 77.6 cm³/mol. The van der Waals surface area contributed by atoms with Crippen molar-refractivity contribution in [1.82, 2.24) is 4.98 Å². The van der Waals surface area contributed by atoms with Crippen LogP contribution in [0.5, 0.6) is 5.88 Å². The van der Waals surface area contributed by atoms with Crippen LogP contribution in [0.4, 0.5) is 5.82 Å². The van der Waals surface area contributed by atoms with E-state index in [1.165, 1.54) is 0 Å². The number of pyridine rings is 1. The van der Waals surface area contributed by atoms with Gasteiger partial charge in [0.2, 0.25) is 5.88 Å². The fourth-order valence-electron chi connectivity index (χ4n) is 1.73. The Labute approximate surface area is 115 Å². The second-order valence-corrected chi connectivity index (χ2v) is 5.71. The Balaban J connectivity index is 2.77. The summed E-state index contributed by atoms with van der Waals surface area (Å²) in [5, 5.41) is 3.44. The fraction of sp³-hybridized carbons (Fsp3) is 0.643. The molecular weight excluding hydrogens is 248 g/mol. The van der Waals surface area contributed by atoms with Gasteiger partial charge in [-0.25, -0.2) is 0 Å². The summed E-state index contributed by atoms with van der Waals surface area (Å²) in [4.78, 5) is 4.42. The molecular formula is C14H23ClN2O. The minimum atomic E-state index is 0.137. The van der Waals surface area contributed by atoms with Gasteiger partial charge in [0.25, 0.3) is 0 Å². The molecule has 0 radical (unpaired) electrons. The molecule has 1 unspecified atom stereocenters. The maximum atomic E-state index is 5.86. The Hall–Kier alpha value is -0.960. The lowest BCUT2D eigenvalue weighted by Crippen LogP contribution is -2.34. The standard InChI is InChI=1S/C14H23ClN2O/c1-5-18-13-8-6-7-12(17-13)16-11(9-10-15)14(2,3)4/h6-8,11H,5,9-10H2,1-4H3,(H,16,17). The van der Waals surface area contributed by atoms with Crippen molar-refractivity contribution < 1.29 is 4.74 Å². The highest BCUT2D eigenvalue weighted by molar-refractivity contribution is 6.17. The number of nitrogens with zero attached hydrogens (tertiary/aromatic N) is 1. The zero-order chi connectivity index (χ0) is 13.6. The van der Waals surface area contributed by atoms with Crippen molar-refractivity contribution in [3.05, 3.63) is 18.2 Å². The predicted octanol–water partition coefficient (Wildman–Crippen LogP) is 3.94. The number of hydrogen-bond acceptors (Lipinski definition) is 3. The van der Waals surface area contributed by atoms with Gasteiger partial charge in [0.05, 0.1) is 6.61 Å². The average molecular weight is 271 g/mol. The molecule has 0 aliphatic rings. The minimum Gasteiger partial charge on any atom is -0.478 e. The summed E-state index contributed by atoms with van der Waals surface area (Å²) in [5.74, 6) is 2.13. The van der Waals surface area contributed by atoms with E-state index in [2.05, 4.69) is 31.1 Å². The molecule has 0 fully saturated rings. The topological polar surface area (TPSA) is 34.1 Å². The lowest BCUT2D eigenvalue weighted by molar-refractivity contribution is 0.323. The maximum Gasteiger partial charge on any atom is 0.215 e. The van der Waals surface area contributed by atoms with Gasteiger partial charge in [-0.05, 0) is 24.8 Å². The van der Waals surface area contributed by atoms with E-state index in [9.17, 15) is 0 Å². The van der Waals surface area contributed by atoms with E-state index in [-0.39, 0.29) is 5.41 Å². The number of aromatic nitrogens is 1. The molecule has 0 aliphatic carbocycles. The molecule has 1 aromatic heterocycles. The maximum absolute atomic E-state index is 5.86. The Morgan fingerprint density at radius 1 is 1.39 bits per heavy atom. The summed E-state index contributed by atoms with van der Waals surface area (Å²) in [7, 11) is 0. The Morgan fingerprint density at radius 3 is 2.67 bits per heavy atom. The van der Waals surface area contributed by atoms with Crippen molar-refractivity contribution in [1.29, 1.82) is 0 Å². The van der Waals surface area contributed by atoms with E-state index in [4.69, 9.17) is 16.3 Å². The van der Waals surface area contributed by atoms with Gasteiger partial charge in [0, 0.05) is 18.0 Å². The largest absolute Gasteiger partial charge is 0.478 e. The van der Waals surface area contributed by atoms with Gasteiger partial charge in [-0.15, -0.1) is 11.6 Å². The summed E-state index contributed by atoms with van der Waals surface area (Å²) in [5.41, 5.74) is 0.137. The summed E-state index contributed by atoms with van der Waals surface area (Å²) in [6.07, 6.45) is 0.908. The summed E-state index contributed by atoms with van der Waals surface area (Å²) < 4.78 is 5.40. The highest BCUT2D eigenvalue weighted by Crippen LogP contribution is 2.26. The van der Waals surface area contributed by atoms with E-state index < -0.39 is 0 Å². The lowest BCUT2D eigenvalue weighted by atomic mass is 9.85. The monoisotopic (exact) mass is 270 g/mol. The molecule has 3 nitrogen and oxygen atoms in total. The normalized spacial score (nSPS) is 13.2. The van der Waals surface area contributed by atoms with E-state index in [0.29, 0.717) is 24.4 Å². The van der Waals surface area contributed by atoms with Crippen LogP contribution in [0.15, 0.2) is 18.2 Å². The van der Waals surface area contributed by atoms with Crippen molar-refractivity contribution in [3.8, 4) is 5.88 Å². The van der Waals surface area contributed by atoms with Gasteiger partial charge in [0.15, 0.2) is 0 Å². The molecule has 4 heteroatoms. The first kappa shape index (κ1) is 15.1. The molecule has 1 heterocycles. The number of ether oxygens (including phenoxy) is 1. The van der Waals surface area contributed by atoms with Gasteiger partial charge < -0.3 is 10.1 Å². The van der Waals surface area contributed by atoms with Crippen LogP contribution < -0.4 is 10.1 Å². The zero-order valence-electron chi connectivity index (χ0n) is 11.7. The van der Waals surface area contributed by atoms with Crippen LogP contribution in [-0.4, -0.2) is 23.5 Å². The SMILES string of the molecule is CCOc1cccc(NC(CCCl)C(C)(C)C)n1. The zero-order valence-corrected chi connectivity index (χ0v) is 12.4. The lowest BCUT2D eigenvalue weighted by Gasteiger charge is -2.31. The summed E-state index contributed by atoms with van der Waals surface area (Å²) in [6.45, 7) is 9.17. The van der Waals surface area contributed by atoms with Crippen molar-refractivity contribution >= 4 is 17.4 Å². The van der Waals surface area contributed by atoms with Crippen LogP contribution in [0.1, 0.15) is 34.1 Å². The van der Waals surface area contributed by atoms with Crippen LogP contribution in [0.3, 0.4) is 0 Å². The Kier molecular flexibility index (Phi) is 5.73. The van der Waals surface area contributed by atoms with E-state index in [0.717, 1.165) is 12.2 Å². The third kappa shape index (κ3) is 4.73. The third-order valence-corrected chi connectivity index (χ3v) is 3.00. The molecule has 1 N–H and O–H groups in total. The molecule has 1 rings (SSSR count). The molecule has 0 amide bonds. The average Bonchev–Trinajstić information content (AvgIpc) is 2.28. The van der Waals surface area contributed by atoms with Crippen molar-refractivity contribution in [2.75, 3.05) is 17.8 Å². The fourth-order valence-corrected chi connectivity index (χ4v) is 1.95. The molecule has 0 bridgehead atoms. The van der Waals surface area contributed by atoms with Crippen molar-refractivity contribution in [2.24, 2.45) is 5.41 Å². The van der Waals surface area contributed by atoms with Gasteiger partial charge in [0.1, 0.15) is 5.82 Å². The van der Waals surface area contributed by atoms with Gasteiger partial charge in [-0.2, -0.15) is 4.98 Å². The molecule has 102 valence electrons. The molecule has 0 aromatic carbocycles. The van der Waals surface area contributed by atoms with Crippen LogP contribution in [0.25, 0.3) is 0 Å². The van der Waals surface area contributed by atoms with Crippen molar-refractivity contribution in [2.45, 2.75) is 40.2 Å². The van der Waals surface area contributed by atoms with Gasteiger partial charge in [-0.3, -0.25) is 0 Å². The summed E-state index contributed by atoms with van der Waals surface area (Å²) in [6, 6.07) is 6.05. The van der Waals surface area contributed by atoms with Gasteiger partial charge in [-0.1, -0.05) is 26.8 Å². The molecule has 1 aromatic rings. The quantitative estimate of drug-likeness (QED) is 0.795. The number of alkyl halides is 1. The number of halogens is 1. The van der Waals surface area contributed by atoms with Crippen molar-refractivity contribution in [3.63, 3.8) is 0 Å². The highest BCUT2D eigenvalue weighted by Gasteiger charge is 2.24. The second kappa shape index (κ2) is 6.83. The molecule has 18 heavy (non-hydrogen) atoms. The van der Waals surface area contributed by atoms with Gasteiger partial charge >= 0.3 is 0 Å². The number of rotatable bonds is 6. The first-order valence-corrected chi connectivity index (χ1v) is 6.93. The van der Waals surface area contributed by atoms with Crippen LogP contribution in [0.2, 0.25) is 0 Å². The van der Waals surface area contributed by atoms with E-state index >= 15 is 0 Å². The summed E-state index contributed by atoms with van der Waals surface area (Å²) >= 11 is 5.86. The van der Waals surface area contributed by atoms with E-state index in [1.807, 2.05) is 25.1 Å². The van der Waals surface area contributed by atoms with E-state index in [1.54, 1.807) is 0 Å². The molecule has 1 atom stereocenters. The smallest absolute Gasteiger partial charge is 0.215 e. The molecule has 0 aliphatic heterocycles. The Morgan fingerprint density at radius 2 is 2.11 bits per heavy atom. The first-order valence-electron chi connectivity index (χ1n) is 6.39. The third-order valence-electron chi connectivity index (χ3n) is 2.78. The van der Waals surface area contributed by atoms with Crippen LogP contribution in [-0.2, 0) is 0 Å². The number of anilines is 1.